The van der Waals surface area contributed by atoms with Crippen LogP contribution in [0.4, 0.5) is 23.0 Å². The predicted molar refractivity (Wildman–Crippen MR) is 122 cm³/mol. The summed E-state index contributed by atoms with van der Waals surface area (Å²) in [6.07, 6.45) is 0. The topological polar surface area (TPSA) is 7.12 Å². The SMILES string of the molecule is CCN(CC)c1ccc(-c2c3ccccc3[n+](C)c3ccccc23)cc1.F[B-](F)(F)F. The number of pyridine rings is 1. The van der Waals surface area contributed by atoms with Gasteiger partial charge in [0, 0.05) is 36.5 Å². The Hall–Kier alpha value is -3.09. The molecule has 0 radical (unpaired) electrons. The van der Waals surface area contributed by atoms with Crippen LogP contribution in [0.3, 0.4) is 0 Å². The molecule has 162 valence electrons. The molecule has 0 amide bonds. The van der Waals surface area contributed by atoms with Crippen molar-refractivity contribution < 1.29 is 21.8 Å². The van der Waals surface area contributed by atoms with Crippen molar-refractivity contribution in [3.8, 4) is 11.1 Å². The van der Waals surface area contributed by atoms with Crippen molar-refractivity contribution in [2.75, 3.05) is 18.0 Å². The Morgan fingerprint density at radius 2 is 1.13 bits per heavy atom. The average molecular weight is 428 g/mol. The fraction of sp³-hybridized carbons (Fsp3) is 0.208. The molecule has 0 unspecified atom stereocenters. The van der Waals surface area contributed by atoms with Gasteiger partial charge >= 0.3 is 7.25 Å². The van der Waals surface area contributed by atoms with Crippen molar-refractivity contribution in [2.45, 2.75) is 13.8 Å². The minimum atomic E-state index is -6.00. The molecule has 0 aliphatic heterocycles. The standard InChI is InChI=1S/C24H25N2.BF4/c1-4-26(5-2)19-16-14-18(15-17-19)24-20-10-6-8-12-22(20)25(3)23-13-9-7-11-21(23)24;2-1(3,4)5/h6-17H,4-5H2,1-3H3;/q+1;-1. The van der Waals surface area contributed by atoms with Crippen molar-refractivity contribution in [3.05, 3.63) is 72.8 Å². The van der Waals surface area contributed by atoms with Crippen LogP contribution in [-0.4, -0.2) is 20.3 Å². The molecule has 0 saturated heterocycles. The molecule has 0 saturated carbocycles. The van der Waals surface area contributed by atoms with Gasteiger partial charge < -0.3 is 22.2 Å². The molecule has 7 heteroatoms. The molecule has 1 aromatic heterocycles. The second kappa shape index (κ2) is 9.37. The third kappa shape index (κ3) is 5.16. The number of hydrogen-bond acceptors (Lipinski definition) is 1. The summed E-state index contributed by atoms with van der Waals surface area (Å²) in [6, 6.07) is 26.4. The van der Waals surface area contributed by atoms with Gasteiger partial charge in [0.15, 0.2) is 0 Å². The molecule has 0 N–H and O–H groups in total. The maximum atomic E-state index is 9.75. The lowest BCUT2D eigenvalue weighted by Crippen LogP contribution is -2.30. The first-order valence-corrected chi connectivity index (χ1v) is 10.3. The van der Waals surface area contributed by atoms with E-state index in [2.05, 4.69) is 103 Å². The number of benzene rings is 3. The van der Waals surface area contributed by atoms with Crippen molar-refractivity contribution in [2.24, 2.45) is 7.05 Å². The fourth-order valence-corrected chi connectivity index (χ4v) is 3.97. The van der Waals surface area contributed by atoms with Crippen LogP contribution in [0.25, 0.3) is 32.9 Å². The second-order valence-electron chi connectivity index (χ2n) is 7.18. The second-order valence-corrected chi connectivity index (χ2v) is 7.18. The summed E-state index contributed by atoms with van der Waals surface area (Å²) in [6.45, 7) is 6.47. The van der Waals surface area contributed by atoms with Crippen LogP contribution in [0.15, 0.2) is 72.8 Å². The Kier molecular flexibility index (Phi) is 6.83. The van der Waals surface area contributed by atoms with E-state index in [-0.39, 0.29) is 0 Å². The number of aryl methyl sites for hydroxylation is 1. The van der Waals surface area contributed by atoms with Crippen molar-refractivity contribution in [3.63, 3.8) is 0 Å². The number of rotatable bonds is 4. The van der Waals surface area contributed by atoms with Gasteiger partial charge in [0.2, 0.25) is 11.0 Å². The van der Waals surface area contributed by atoms with Crippen LogP contribution >= 0.6 is 0 Å². The molecule has 2 nitrogen and oxygen atoms in total. The van der Waals surface area contributed by atoms with E-state index in [0.29, 0.717) is 0 Å². The summed E-state index contributed by atoms with van der Waals surface area (Å²) in [4.78, 5) is 2.38. The Bertz CT molecular complexity index is 1110. The number of anilines is 1. The summed E-state index contributed by atoms with van der Waals surface area (Å²) < 4.78 is 41.3. The lowest BCUT2D eigenvalue weighted by Gasteiger charge is -2.21. The summed E-state index contributed by atoms with van der Waals surface area (Å²) in [5.41, 5.74) is 6.39. The van der Waals surface area contributed by atoms with Gasteiger partial charge in [-0.05, 0) is 43.7 Å². The smallest absolute Gasteiger partial charge is 0.418 e. The molecule has 0 fully saturated rings. The highest BCUT2D eigenvalue weighted by atomic mass is 19.5. The van der Waals surface area contributed by atoms with Gasteiger partial charge in [-0.25, -0.2) is 0 Å². The molecule has 3 aromatic carbocycles. The minimum Gasteiger partial charge on any atom is -0.418 e. The Morgan fingerprint density at radius 1 is 0.710 bits per heavy atom. The van der Waals surface area contributed by atoms with Gasteiger partial charge in [0.1, 0.15) is 7.05 Å². The van der Waals surface area contributed by atoms with Crippen LogP contribution in [0.2, 0.25) is 0 Å². The Labute approximate surface area is 179 Å². The van der Waals surface area contributed by atoms with Crippen LogP contribution in [-0.2, 0) is 7.05 Å². The van der Waals surface area contributed by atoms with E-state index in [0.717, 1.165) is 13.1 Å². The first-order chi connectivity index (χ1) is 14.7. The molecule has 1 heterocycles. The van der Waals surface area contributed by atoms with Crippen LogP contribution in [0.5, 0.6) is 0 Å². The molecule has 4 aromatic rings. The molecule has 0 bridgehead atoms. The molecule has 31 heavy (non-hydrogen) atoms. The quantitative estimate of drug-likeness (QED) is 0.153. The van der Waals surface area contributed by atoms with Gasteiger partial charge in [-0.15, -0.1) is 0 Å². The fourth-order valence-electron chi connectivity index (χ4n) is 3.97. The number of hydrogen-bond donors (Lipinski definition) is 0. The van der Waals surface area contributed by atoms with Gasteiger partial charge in [0.25, 0.3) is 0 Å². The maximum Gasteiger partial charge on any atom is 0.673 e. The molecular weight excluding hydrogens is 403 g/mol. The van der Waals surface area contributed by atoms with Crippen LogP contribution in [0.1, 0.15) is 13.8 Å². The minimum absolute atomic E-state index is 1.03. The lowest BCUT2D eigenvalue weighted by atomic mass is 9.95. The predicted octanol–water partition coefficient (Wildman–Crippen LogP) is 6.63. The number of para-hydroxylation sites is 2. The van der Waals surface area contributed by atoms with Crippen LogP contribution in [0, 0.1) is 0 Å². The molecular formula is C24H25BF4N2. The zero-order chi connectivity index (χ0) is 22.6. The van der Waals surface area contributed by atoms with Crippen molar-refractivity contribution >= 4 is 34.7 Å². The molecule has 0 aliphatic carbocycles. The first kappa shape index (κ1) is 22.6. The highest BCUT2D eigenvalue weighted by molar-refractivity contribution is 6.50. The van der Waals surface area contributed by atoms with E-state index in [1.807, 2.05) is 0 Å². The van der Waals surface area contributed by atoms with E-state index in [1.165, 1.54) is 38.6 Å². The van der Waals surface area contributed by atoms with Gasteiger partial charge in [-0.3, -0.25) is 0 Å². The zero-order valence-electron chi connectivity index (χ0n) is 17.8. The third-order valence-corrected chi connectivity index (χ3v) is 5.35. The first-order valence-electron chi connectivity index (χ1n) is 10.3. The highest BCUT2D eigenvalue weighted by Gasteiger charge is 2.20. The van der Waals surface area contributed by atoms with Gasteiger partial charge in [-0.2, -0.15) is 4.57 Å². The third-order valence-electron chi connectivity index (χ3n) is 5.35. The van der Waals surface area contributed by atoms with E-state index in [1.54, 1.807) is 0 Å². The number of aromatic nitrogens is 1. The van der Waals surface area contributed by atoms with Crippen molar-refractivity contribution in [1.29, 1.82) is 0 Å². The summed E-state index contributed by atoms with van der Waals surface area (Å²) in [5.74, 6) is 0. The number of nitrogens with zero attached hydrogens (tertiary/aromatic N) is 2. The largest absolute Gasteiger partial charge is 0.673 e. The summed E-state index contributed by atoms with van der Waals surface area (Å²) >= 11 is 0. The number of fused-ring (bicyclic) bond motifs is 2. The molecule has 0 aliphatic rings. The van der Waals surface area contributed by atoms with E-state index < -0.39 is 7.25 Å². The average Bonchev–Trinajstić information content (AvgIpc) is 2.75. The Balaban J connectivity index is 0.000000491. The monoisotopic (exact) mass is 428 g/mol. The molecule has 0 atom stereocenters. The Morgan fingerprint density at radius 3 is 1.55 bits per heavy atom. The molecule has 4 rings (SSSR count). The number of halogens is 4. The summed E-state index contributed by atoms with van der Waals surface area (Å²) in [5, 5.41) is 2.59. The summed E-state index contributed by atoms with van der Waals surface area (Å²) in [7, 11) is -3.85. The van der Waals surface area contributed by atoms with Gasteiger partial charge in [0.05, 0.1) is 10.8 Å². The van der Waals surface area contributed by atoms with Crippen molar-refractivity contribution in [1.82, 2.24) is 0 Å². The molecule has 0 spiro atoms. The lowest BCUT2D eigenvalue weighted by molar-refractivity contribution is -0.617. The highest BCUT2D eigenvalue weighted by Crippen LogP contribution is 2.34. The van der Waals surface area contributed by atoms with E-state index in [9.17, 15) is 17.3 Å². The normalized spacial score (nSPS) is 11.3. The zero-order valence-corrected chi connectivity index (χ0v) is 17.8. The van der Waals surface area contributed by atoms with Gasteiger partial charge in [-0.1, -0.05) is 36.4 Å². The van der Waals surface area contributed by atoms with E-state index in [4.69, 9.17) is 0 Å². The van der Waals surface area contributed by atoms with E-state index >= 15 is 0 Å². The maximum absolute atomic E-state index is 9.75. The van der Waals surface area contributed by atoms with Crippen LogP contribution < -0.4 is 9.47 Å².